The zero-order valence-corrected chi connectivity index (χ0v) is 23.4. The van der Waals surface area contributed by atoms with E-state index in [0.717, 1.165) is 34.7 Å². The second kappa shape index (κ2) is 10.9. The lowest BCUT2D eigenvalue weighted by Gasteiger charge is -2.18. The molecule has 0 saturated carbocycles. The summed E-state index contributed by atoms with van der Waals surface area (Å²) in [6.07, 6.45) is 3.98. The first-order valence-electron chi connectivity index (χ1n) is 13.7. The Morgan fingerprint density at radius 3 is 2.62 bits per heavy atom. The molecule has 2 N–H and O–H groups in total. The zero-order chi connectivity index (χ0) is 29.4. The van der Waals surface area contributed by atoms with Crippen molar-refractivity contribution < 1.29 is 13.9 Å². The largest absolute Gasteiger partial charge is 0.435 e. The molecule has 3 aromatic heterocycles. The molecule has 8 nitrogen and oxygen atoms in total. The first-order valence-corrected chi connectivity index (χ1v) is 13.7. The maximum absolute atomic E-state index is 15.3. The summed E-state index contributed by atoms with van der Waals surface area (Å²) in [6, 6.07) is 19.4. The van der Waals surface area contributed by atoms with Crippen molar-refractivity contribution in [1.82, 2.24) is 19.5 Å². The normalized spacial score (nSPS) is 11.2. The molecule has 0 bridgehead atoms. The summed E-state index contributed by atoms with van der Waals surface area (Å²) in [7, 11) is 0. The van der Waals surface area contributed by atoms with Crippen LogP contribution in [0.25, 0.3) is 33.1 Å². The summed E-state index contributed by atoms with van der Waals surface area (Å²) in [4.78, 5) is 38.5. The zero-order valence-electron chi connectivity index (χ0n) is 23.4. The molecule has 0 fully saturated rings. The number of fused-ring (bicyclic) bond motifs is 2. The highest BCUT2D eigenvalue weighted by Gasteiger charge is 2.21. The average Bonchev–Trinajstić information content (AvgIpc) is 3.43. The minimum Gasteiger partial charge on any atom is -0.435 e. The highest BCUT2D eigenvalue weighted by molar-refractivity contribution is 6.07. The summed E-state index contributed by atoms with van der Waals surface area (Å²) in [5, 5.41) is 3.79. The van der Waals surface area contributed by atoms with Crippen molar-refractivity contribution in [3.8, 4) is 22.8 Å². The number of anilines is 1. The van der Waals surface area contributed by atoms with Crippen LogP contribution >= 0.6 is 0 Å². The number of carbonyl (C=O) groups is 1. The Balaban J connectivity index is 1.31. The van der Waals surface area contributed by atoms with Gasteiger partial charge in [-0.05, 0) is 50.1 Å². The summed E-state index contributed by atoms with van der Waals surface area (Å²) >= 11 is 0. The van der Waals surface area contributed by atoms with Gasteiger partial charge in [0.25, 0.3) is 5.91 Å². The van der Waals surface area contributed by atoms with E-state index >= 15 is 4.39 Å². The van der Waals surface area contributed by atoms with Crippen LogP contribution in [0.4, 0.5) is 10.1 Å². The Kier molecular flexibility index (Phi) is 7.00. The van der Waals surface area contributed by atoms with Gasteiger partial charge in [0.05, 0.1) is 10.9 Å². The molecule has 0 unspecified atom stereocenters. The van der Waals surface area contributed by atoms with Crippen LogP contribution in [-0.2, 0) is 6.54 Å². The Morgan fingerprint density at radius 1 is 1.05 bits per heavy atom. The van der Waals surface area contributed by atoms with Gasteiger partial charge in [-0.2, -0.15) is 0 Å². The molecule has 0 spiro atoms. The number of halogens is 1. The van der Waals surface area contributed by atoms with E-state index in [9.17, 15) is 9.59 Å². The summed E-state index contributed by atoms with van der Waals surface area (Å²) in [5.41, 5.74) is 4.44. The number of aromatic nitrogens is 4. The number of rotatable bonds is 7. The number of aryl methyl sites for hydroxylation is 2. The summed E-state index contributed by atoms with van der Waals surface area (Å²) < 4.78 is 23.2. The van der Waals surface area contributed by atoms with Crippen molar-refractivity contribution in [1.29, 1.82) is 0 Å². The first kappa shape index (κ1) is 26.9. The molecule has 3 heterocycles. The van der Waals surface area contributed by atoms with Gasteiger partial charge in [-0.1, -0.05) is 48.9 Å². The molecule has 1 amide bonds. The van der Waals surface area contributed by atoms with E-state index in [-0.39, 0.29) is 28.3 Å². The van der Waals surface area contributed by atoms with Crippen molar-refractivity contribution in [2.24, 2.45) is 0 Å². The molecule has 0 aliphatic rings. The van der Waals surface area contributed by atoms with Crippen LogP contribution in [0, 0.1) is 19.7 Å². The highest BCUT2D eigenvalue weighted by atomic mass is 19.1. The van der Waals surface area contributed by atoms with Crippen molar-refractivity contribution >= 4 is 33.5 Å². The van der Waals surface area contributed by atoms with Gasteiger partial charge in [-0.15, -0.1) is 0 Å². The second-order valence-corrected chi connectivity index (χ2v) is 10.1. The van der Waals surface area contributed by atoms with Crippen molar-refractivity contribution in [3.63, 3.8) is 0 Å². The highest BCUT2D eigenvalue weighted by Crippen LogP contribution is 2.36. The molecule has 0 saturated heterocycles. The fourth-order valence-corrected chi connectivity index (χ4v) is 5.28. The van der Waals surface area contributed by atoms with Gasteiger partial charge < -0.3 is 19.6 Å². The number of benzene rings is 3. The second-order valence-electron chi connectivity index (χ2n) is 10.1. The third kappa shape index (κ3) is 4.79. The van der Waals surface area contributed by atoms with Crippen LogP contribution in [0.15, 0.2) is 84.0 Å². The number of ether oxygens (including phenoxy) is 1. The van der Waals surface area contributed by atoms with Gasteiger partial charge in [0.15, 0.2) is 11.6 Å². The van der Waals surface area contributed by atoms with Gasteiger partial charge in [0, 0.05) is 41.1 Å². The maximum Gasteiger partial charge on any atom is 0.261 e. The standard InChI is InChI=1S/C33H28FN5O3/c1-4-14-39-20(3)28(30(40)23-15-19(2)10-12-26(23)39)32(41)38-22-11-13-27(25(34)16-22)42-33-29-24(21-8-6-5-7-9-21)17-35-31(29)36-18-37-33/h5-13,15-18H,4,14H2,1-3H3,(H,38,41)(H,35,36,37). The van der Waals surface area contributed by atoms with E-state index in [4.69, 9.17) is 4.74 Å². The molecule has 9 heteroatoms. The average molecular weight is 562 g/mol. The first-order chi connectivity index (χ1) is 20.4. The fourth-order valence-electron chi connectivity index (χ4n) is 5.28. The van der Waals surface area contributed by atoms with E-state index < -0.39 is 11.7 Å². The molecular weight excluding hydrogens is 533 g/mol. The molecule has 0 aliphatic heterocycles. The van der Waals surface area contributed by atoms with Crippen LogP contribution in [0.3, 0.4) is 0 Å². The van der Waals surface area contributed by atoms with Crippen molar-refractivity contribution in [2.75, 3.05) is 5.32 Å². The van der Waals surface area contributed by atoms with E-state index in [1.165, 1.54) is 18.5 Å². The molecule has 210 valence electrons. The van der Waals surface area contributed by atoms with E-state index in [0.29, 0.717) is 28.7 Å². The number of aromatic amines is 1. The van der Waals surface area contributed by atoms with Gasteiger partial charge in [-0.25, -0.2) is 14.4 Å². The Labute approximate surface area is 240 Å². The lowest BCUT2D eigenvalue weighted by atomic mass is 10.0. The van der Waals surface area contributed by atoms with Crippen LogP contribution in [0.2, 0.25) is 0 Å². The summed E-state index contributed by atoms with van der Waals surface area (Å²) in [6.45, 7) is 6.35. The number of hydrogen-bond acceptors (Lipinski definition) is 5. The number of hydrogen-bond donors (Lipinski definition) is 2. The Morgan fingerprint density at radius 2 is 1.86 bits per heavy atom. The van der Waals surface area contributed by atoms with Gasteiger partial charge >= 0.3 is 0 Å². The van der Waals surface area contributed by atoms with E-state index in [2.05, 4.69) is 20.3 Å². The van der Waals surface area contributed by atoms with E-state index in [1.54, 1.807) is 19.2 Å². The monoisotopic (exact) mass is 561 g/mol. The lowest BCUT2D eigenvalue weighted by molar-refractivity contribution is 0.102. The smallest absolute Gasteiger partial charge is 0.261 e. The van der Waals surface area contributed by atoms with Gasteiger partial charge in [0.1, 0.15) is 17.5 Å². The summed E-state index contributed by atoms with van der Waals surface area (Å²) in [5.74, 6) is -1.19. The molecule has 42 heavy (non-hydrogen) atoms. The van der Waals surface area contributed by atoms with Crippen LogP contribution in [0.5, 0.6) is 11.6 Å². The number of nitrogens with one attached hydrogen (secondary N) is 2. The molecule has 6 rings (SSSR count). The maximum atomic E-state index is 15.3. The molecule has 0 radical (unpaired) electrons. The molecular formula is C33H28FN5O3. The number of H-pyrrole nitrogens is 1. The SMILES string of the molecule is CCCn1c(C)c(C(=O)Nc2ccc(Oc3ncnc4[nH]cc(-c5ccccc5)c34)c(F)c2)c(=O)c2cc(C)ccc21. The molecule has 0 atom stereocenters. The third-order valence-corrected chi connectivity index (χ3v) is 7.27. The number of pyridine rings is 1. The topological polar surface area (TPSA) is 102 Å². The Hall–Kier alpha value is -5.31. The minimum absolute atomic E-state index is 0.0339. The predicted octanol–water partition coefficient (Wildman–Crippen LogP) is 7.15. The van der Waals surface area contributed by atoms with Gasteiger partial charge in [-0.3, -0.25) is 9.59 Å². The van der Waals surface area contributed by atoms with Crippen molar-refractivity contribution in [3.05, 3.63) is 112 Å². The lowest BCUT2D eigenvalue weighted by Crippen LogP contribution is -2.27. The molecule has 6 aromatic rings. The van der Waals surface area contributed by atoms with Gasteiger partial charge in [0.2, 0.25) is 11.3 Å². The van der Waals surface area contributed by atoms with Crippen LogP contribution < -0.4 is 15.5 Å². The van der Waals surface area contributed by atoms with E-state index in [1.807, 2.05) is 60.9 Å². The minimum atomic E-state index is -0.703. The number of nitrogens with zero attached hydrogens (tertiary/aromatic N) is 3. The van der Waals surface area contributed by atoms with Crippen molar-refractivity contribution in [2.45, 2.75) is 33.7 Å². The van der Waals surface area contributed by atoms with Crippen LogP contribution in [-0.4, -0.2) is 25.4 Å². The quantitative estimate of drug-likeness (QED) is 0.216. The number of carbonyl (C=O) groups excluding carboxylic acids is 1. The fraction of sp³-hybridized carbons (Fsp3) is 0.152. The third-order valence-electron chi connectivity index (χ3n) is 7.27. The number of amides is 1. The predicted molar refractivity (Wildman–Crippen MR) is 162 cm³/mol. The molecule has 0 aliphatic carbocycles. The molecule has 3 aromatic carbocycles. The van der Waals surface area contributed by atoms with Crippen LogP contribution in [0.1, 0.15) is 35.0 Å². The Bertz CT molecular complexity index is 2030.